The summed E-state index contributed by atoms with van der Waals surface area (Å²) in [4.78, 5) is 13.7. The molecule has 0 bridgehead atoms. The van der Waals surface area contributed by atoms with Crippen LogP contribution in [0.4, 0.5) is 11.4 Å². The molecule has 2 rings (SSSR count). The smallest absolute Gasteiger partial charge is 0.243 e. The van der Waals surface area contributed by atoms with Gasteiger partial charge in [0, 0.05) is 18.4 Å². The van der Waals surface area contributed by atoms with Crippen LogP contribution in [0.3, 0.4) is 0 Å². The highest BCUT2D eigenvalue weighted by Crippen LogP contribution is 2.13. The Labute approximate surface area is 118 Å². The molecule has 2 aromatic carbocycles. The summed E-state index contributed by atoms with van der Waals surface area (Å²) in [7, 11) is 1.84. The van der Waals surface area contributed by atoms with Gasteiger partial charge < -0.3 is 10.2 Å². The first-order valence-corrected chi connectivity index (χ1v) is 6.25. The van der Waals surface area contributed by atoms with E-state index >= 15 is 0 Å². The zero-order chi connectivity index (χ0) is 14.4. The number of benzene rings is 2. The number of hydrogen-bond donors (Lipinski definition) is 1. The van der Waals surface area contributed by atoms with Crippen LogP contribution in [0, 0.1) is 11.3 Å². The highest BCUT2D eigenvalue weighted by molar-refractivity contribution is 5.93. The second kappa shape index (κ2) is 6.39. The third-order valence-electron chi connectivity index (χ3n) is 2.88. The van der Waals surface area contributed by atoms with E-state index < -0.39 is 0 Å². The van der Waals surface area contributed by atoms with Crippen LogP contribution in [0.15, 0.2) is 54.6 Å². The third-order valence-corrected chi connectivity index (χ3v) is 2.88. The average molecular weight is 265 g/mol. The normalized spacial score (nSPS) is 9.60. The average Bonchev–Trinajstić information content (AvgIpc) is 2.48. The largest absolute Gasteiger partial charge is 0.365 e. The number of rotatable bonds is 4. The number of carbonyl (C=O) groups is 1. The highest BCUT2D eigenvalue weighted by atomic mass is 16.2. The summed E-state index contributed by atoms with van der Waals surface area (Å²) in [5.74, 6) is -0.0805. The number of amides is 1. The molecule has 0 atom stereocenters. The van der Waals surface area contributed by atoms with Crippen molar-refractivity contribution in [1.82, 2.24) is 0 Å². The van der Waals surface area contributed by atoms with Crippen LogP contribution < -0.4 is 10.2 Å². The molecule has 2 aromatic rings. The van der Waals surface area contributed by atoms with Crippen molar-refractivity contribution in [2.75, 3.05) is 23.8 Å². The first kappa shape index (κ1) is 13.6. The van der Waals surface area contributed by atoms with Crippen LogP contribution in [0.5, 0.6) is 0 Å². The summed E-state index contributed by atoms with van der Waals surface area (Å²) in [6.45, 7) is 0.251. The number of likely N-dealkylation sites (N-methyl/N-ethyl adjacent to an activating group) is 1. The molecular weight excluding hydrogens is 250 g/mol. The lowest BCUT2D eigenvalue weighted by molar-refractivity contribution is -0.114. The van der Waals surface area contributed by atoms with Crippen molar-refractivity contribution in [3.05, 3.63) is 60.2 Å². The van der Waals surface area contributed by atoms with Gasteiger partial charge in [0.15, 0.2) is 0 Å². The van der Waals surface area contributed by atoms with Crippen LogP contribution in [0.1, 0.15) is 5.56 Å². The molecule has 0 aromatic heterocycles. The van der Waals surface area contributed by atoms with Gasteiger partial charge in [-0.25, -0.2) is 0 Å². The van der Waals surface area contributed by atoms with Crippen molar-refractivity contribution in [3.8, 4) is 6.07 Å². The van der Waals surface area contributed by atoms with E-state index in [1.165, 1.54) is 0 Å². The zero-order valence-corrected chi connectivity index (χ0v) is 11.2. The molecule has 4 heteroatoms. The Bertz CT molecular complexity index is 614. The van der Waals surface area contributed by atoms with Gasteiger partial charge in [-0.05, 0) is 36.4 Å². The second-order valence-corrected chi connectivity index (χ2v) is 4.43. The first-order chi connectivity index (χ1) is 9.69. The maximum Gasteiger partial charge on any atom is 0.243 e. The van der Waals surface area contributed by atoms with Crippen molar-refractivity contribution in [2.24, 2.45) is 0 Å². The molecule has 4 nitrogen and oxygen atoms in total. The molecule has 0 radical (unpaired) electrons. The lowest BCUT2D eigenvalue weighted by atomic mass is 10.2. The molecule has 0 aliphatic rings. The molecule has 0 aliphatic heterocycles. The van der Waals surface area contributed by atoms with Crippen LogP contribution >= 0.6 is 0 Å². The molecule has 0 fully saturated rings. The molecule has 1 amide bonds. The Kier molecular flexibility index (Phi) is 4.35. The van der Waals surface area contributed by atoms with Gasteiger partial charge >= 0.3 is 0 Å². The van der Waals surface area contributed by atoms with Crippen molar-refractivity contribution >= 4 is 17.3 Å². The van der Waals surface area contributed by atoms with E-state index in [1.807, 2.05) is 54.4 Å². The number of hydrogen-bond acceptors (Lipinski definition) is 3. The quantitative estimate of drug-likeness (QED) is 0.924. The molecule has 0 aliphatic carbocycles. The topological polar surface area (TPSA) is 56.1 Å². The minimum atomic E-state index is -0.0805. The summed E-state index contributed by atoms with van der Waals surface area (Å²) in [6.07, 6.45) is 0. The van der Waals surface area contributed by atoms with Crippen LogP contribution in [0.25, 0.3) is 0 Å². The fourth-order valence-corrected chi connectivity index (χ4v) is 1.82. The maximum absolute atomic E-state index is 11.9. The van der Waals surface area contributed by atoms with Gasteiger partial charge in [0.05, 0.1) is 18.2 Å². The van der Waals surface area contributed by atoms with Crippen molar-refractivity contribution in [1.29, 1.82) is 5.26 Å². The molecular formula is C16H15N3O. The van der Waals surface area contributed by atoms with E-state index in [9.17, 15) is 4.79 Å². The predicted molar refractivity (Wildman–Crippen MR) is 79.5 cm³/mol. The molecule has 0 saturated carbocycles. The Morgan fingerprint density at radius 1 is 1.15 bits per heavy atom. The lowest BCUT2D eigenvalue weighted by Gasteiger charge is -2.18. The summed E-state index contributed by atoms with van der Waals surface area (Å²) in [5.41, 5.74) is 2.29. The zero-order valence-electron chi connectivity index (χ0n) is 11.2. The van der Waals surface area contributed by atoms with Gasteiger partial charge in [-0.1, -0.05) is 18.2 Å². The molecule has 0 unspecified atom stereocenters. The molecule has 0 spiro atoms. The van der Waals surface area contributed by atoms with E-state index in [1.54, 1.807) is 12.1 Å². The Hall–Kier alpha value is -2.80. The fourth-order valence-electron chi connectivity index (χ4n) is 1.82. The van der Waals surface area contributed by atoms with E-state index in [-0.39, 0.29) is 12.5 Å². The first-order valence-electron chi connectivity index (χ1n) is 6.25. The van der Waals surface area contributed by atoms with E-state index in [0.29, 0.717) is 5.56 Å². The molecule has 0 heterocycles. The molecule has 0 saturated heterocycles. The number of carbonyl (C=O) groups excluding carboxylic acids is 1. The standard InChI is InChI=1S/C16H15N3O/c1-19(15-9-7-13(11-17)8-10-15)12-16(20)18-14-5-3-2-4-6-14/h2-10H,12H2,1H3,(H,18,20). The van der Waals surface area contributed by atoms with Crippen molar-refractivity contribution in [2.45, 2.75) is 0 Å². The predicted octanol–water partition coefficient (Wildman–Crippen LogP) is 2.63. The minimum Gasteiger partial charge on any atom is -0.365 e. The number of nitrogens with zero attached hydrogens (tertiary/aromatic N) is 2. The van der Waals surface area contributed by atoms with Gasteiger partial charge in [0.2, 0.25) is 5.91 Å². The fraction of sp³-hybridized carbons (Fsp3) is 0.125. The van der Waals surface area contributed by atoms with Gasteiger partial charge in [-0.2, -0.15) is 5.26 Å². The summed E-state index contributed by atoms with van der Waals surface area (Å²) in [6, 6.07) is 18.5. The van der Waals surface area contributed by atoms with E-state index in [4.69, 9.17) is 5.26 Å². The van der Waals surface area contributed by atoms with Crippen LogP contribution in [-0.4, -0.2) is 19.5 Å². The van der Waals surface area contributed by atoms with Crippen molar-refractivity contribution in [3.63, 3.8) is 0 Å². The highest BCUT2D eigenvalue weighted by Gasteiger charge is 2.07. The SMILES string of the molecule is CN(CC(=O)Nc1ccccc1)c1ccc(C#N)cc1. The number of anilines is 2. The number of nitriles is 1. The summed E-state index contributed by atoms with van der Waals surface area (Å²) < 4.78 is 0. The molecule has 1 N–H and O–H groups in total. The Morgan fingerprint density at radius 3 is 2.40 bits per heavy atom. The van der Waals surface area contributed by atoms with Crippen LogP contribution in [0.2, 0.25) is 0 Å². The third kappa shape index (κ3) is 3.59. The Balaban J connectivity index is 1.95. The van der Waals surface area contributed by atoms with Crippen LogP contribution in [-0.2, 0) is 4.79 Å². The van der Waals surface area contributed by atoms with Gasteiger partial charge in [-0.15, -0.1) is 0 Å². The summed E-state index contributed by atoms with van der Waals surface area (Å²) >= 11 is 0. The maximum atomic E-state index is 11.9. The minimum absolute atomic E-state index is 0.0805. The molecule has 20 heavy (non-hydrogen) atoms. The second-order valence-electron chi connectivity index (χ2n) is 4.43. The molecule has 100 valence electrons. The monoisotopic (exact) mass is 265 g/mol. The van der Waals surface area contributed by atoms with E-state index in [2.05, 4.69) is 11.4 Å². The number of para-hydroxylation sites is 1. The van der Waals surface area contributed by atoms with Gasteiger partial charge in [0.1, 0.15) is 0 Å². The summed E-state index contributed by atoms with van der Waals surface area (Å²) in [5, 5.41) is 11.6. The van der Waals surface area contributed by atoms with Crippen molar-refractivity contribution < 1.29 is 4.79 Å². The number of nitrogens with one attached hydrogen (secondary N) is 1. The van der Waals surface area contributed by atoms with Gasteiger partial charge in [0.25, 0.3) is 0 Å². The lowest BCUT2D eigenvalue weighted by Crippen LogP contribution is -2.29. The van der Waals surface area contributed by atoms with Gasteiger partial charge in [-0.3, -0.25) is 4.79 Å². The Morgan fingerprint density at radius 2 is 1.80 bits per heavy atom. The van der Waals surface area contributed by atoms with E-state index in [0.717, 1.165) is 11.4 Å².